The van der Waals surface area contributed by atoms with E-state index in [1.165, 1.54) is 12.1 Å². The fraction of sp³-hybridized carbons (Fsp3) is 0.533. The van der Waals surface area contributed by atoms with Gasteiger partial charge in [-0.15, -0.1) is 0 Å². The maximum absolute atomic E-state index is 13.2. The Morgan fingerprint density at radius 1 is 1.52 bits per heavy atom. The van der Waals surface area contributed by atoms with Crippen LogP contribution in [0.25, 0.3) is 0 Å². The lowest BCUT2D eigenvalue weighted by Gasteiger charge is -2.32. The predicted molar refractivity (Wildman–Crippen MR) is 76.7 cm³/mol. The second kappa shape index (κ2) is 7.38. The van der Waals surface area contributed by atoms with Gasteiger partial charge < -0.3 is 19.7 Å². The zero-order valence-electron chi connectivity index (χ0n) is 12.3. The molecule has 0 spiro atoms. The van der Waals surface area contributed by atoms with E-state index in [0.717, 1.165) is 0 Å². The Hall–Kier alpha value is -1.66. The van der Waals surface area contributed by atoms with Gasteiger partial charge in [-0.25, -0.2) is 4.39 Å². The number of carbonyl (C=O) groups is 1. The molecule has 1 aliphatic heterocycles. The molecule has 1 aromatic carbocycles. The van der Waals surface area contributed by atoms with E-state index in [-0.39, 0.29) is 23.9 Å². The van der Waals surface area contributed by atoms with Crippen molar-refractivity contribution in [3.8, 4) is 5.75 Å². The van der Waals surface area contributed by atoms with Crippen molar-refractivity contribution in [2.45, 2.75) is 18.6 Å². The minimum atomic E-state index is -0.340. The Morgan fingerprint density at radius 2 is 2.33 bits per heavy atom. The van der Waals surface area contributed by atoms with Gasteiger partial charge in [0.15, 0.2) is 0 Å². The van der Waals surface area contributed by atoms with Crippen LogP contribution in [0.4, 0.5) is 4.39 Å². The Bertz CT molecular complexity index is 482. The number of ether oxygens (including phenoxy) is 2. The molecular weight excluding hydrogens is 275 g/mol. The van der Waals surface area contributed by atoms with E-state index in [1.807, 2.05) is 14.1 Å². The molecule has 1 fully saturated rings. The van der Waals surface area contributed by atoms with Crippen molar-refractivity contribution >= 4 is 5.91 Å². The molecule has 116 valence electrons. The number of rotatable bonds is 5. The molecule has 1 saturated heterocycles. The average molecular weight is 296 g/mol. The topological polar surface area (TPSA) is 50.8 Å². The lowest BCUT2D eigenvalue weighted by atomic mass is 10.1. The first-order valence-corrected chi connectivity index (χ1v) is 6.98. The number of carbonyl (C=O) groups excluding carboxylic acids is 1. The standard InChI is InChI=1S/C15H21FN2O3/c1-18(2)9-15(19)17-13-10-20-7-6-14(13)21-12-5-3-4-11(16)8-12/h3-5,8,13-14H,6-7,9-10H2,1-2H3,(H,17,19)/t13-,14+/m1/s1. The summed E-state index contributed by atoms with van der Waals surface area (Å²) in [6.45, 7) is 1.28. The van der Waals surface area contributed by atoms with Crippen molar-refractivity contribution in [3.63, 3.8) is 0 Å². The molecule has 0 saturated carbocycles. The molecule has 0 unspecified atom stereocenters. The van der Waals surface area contributed by atoms with Crippen LogP contribution in [0.1, 0.15) is 6.42 Å². The van der Waals surface area contributed by atoms with Crippen LogP contribution >= 0.6 is 0 Å². The van der Waals surface area contributed by atoms with Gasteiger partial charge in [0.25, 0.3) is 0 Å². The molecule has 1 heterocycles. The molecule has 1 amide bonds. The number of amides is 1. The van der Waals surface area contributed by atoms with Crippen LogP contribution in [-0.2, 0) is 9.53 Å². The number of benzene rings is 1. The zero-order chi connectivity index (χ0) is 15.2. The third-order valence-electron chi connectivity index (χ3n) is 3.18. The average Bonchev–Trinajstić information content (AvgIpc) is 2.40. The van der Waals surface area contributed by atoms with Crippen LogP contribution in [0.3, 0.4) is 0 Å². The summed E-state index contributed by atoms with van der Waals surface area (Å²) in [5.74, 6) is 0.0462. The van der Waals surface area contributed by atoms with E-state index in [2.05, 4.69) is 5.32 Å². The SMILES string of the molecule is CN(C)CC(=O)N[C@@H]1COCC[C@@H]1Oc1cccc(F)c1. The highest BCUT2D eigenvalue weighted by Gasteiger charge is 2.29. The number of nitrogens with one attached hydrogen (secondary N) is 1. The summed E-state index contributed by atoms with van der Waals surface area (Å²) in [4.78, 5) is 13.6. The number of hydrogen-bond acceptors (Lipinski definition) is 4. The van der Waals surface area contributed by atoms with E-state index < -0.39 is 0 Å². The number of halogens is 1. The van der Waals surface area contributed by atoms with E-state index in [1.54, 1.807) is 17.0 Å². The lowest BCUT2D eigenvalue weighted by Crippen LogP contribution is -2.53. The van der Waals surface area contributed by atoms with E-state index in [0.29, 0.717) is 31.9 Å². The van der Waals surface area contributed by atoms with Crippen LogP contribution in [0.2, 0.25) is 0 Å². The normalized spacial score (nSPS) is 22.1. The largest absolute Gasteiger partial charge is 0.488 e. The maximum atomic E-state index is 13.2. The molecule has 0 aliphatic carbocycles. The first-order chi connectivity index (χ1) is 10.0. The number of nitrogens with zero attached hydrogens (tertiary/aromatic N) is 1. The quantitative estimate of drug-likeness (QED) is 0.882. The summed E-state index contributed by atoms with van der Waals surface area (Å²) in [6, 6.07) is 5.79. The van der Waals surface area contributed by atoms with Crippen LogP contribution in [0.5, 0.6) is 5.75 Å². The van der Waals surface area contributed by atoms with E-state index in [9.17, 15) is 9.18 Å². The molecule has 6 heteroatoms. The third kappa shape index (κ3) is 4.99. The Morgan fingerprint density at radius 3 is 3.05 bits per heavy atom. The second-order valence-corrected chi connectivity index (χ2v) is 5.39. The molecule has 0 radical (unpaired) electrons. The summed E-state index contributed by atoms with van der Waals surface area (Å²) in [5, 5.41) is 2.91. The van der Waals surface area contributed by atoms with Gasteiger partial charge in [0.2, 0.25) is 5.91 Å². The Balaban J connectivity index is 1.96. The second-order valence-electron chi connectivity index (χ2n) is 5.39. The third-order valence-corrected chi connectivity index (χ3v) is 3.18. The van der Waals surface area contributed by atoms with Crippen molar-refractivity contribution in [2.24, 2.45) is 0 Å². The van der Waals surface area contributed by atoms with E-state index in [4.69, 9.17) is 9.47 Å². The van der Waals surface area contributed by atoms with Crippen molar-refractivity contribution in [1.82, 2.24) is 10.2 Å². The smallest absolute Gasteiger partial charge is 0.234 e. The van der Waals surface area contributed by atoms with Gasteiger partial charge in [-0.2, -0.15) is 0 Å². The van der Waals surface area contributed by atoms with Crippen LogP contribution in [0, 0.1) is 5.82 Å². The highest BCUT2D eigenvalue weighted by molar-refractivity contribution is 5.78. The molecule has 1 aliphatic rings. The Labute approximate surface area is 124 Å². The molecule has 0 bridgehead atoms. The Kier molecular flexibility index (Phi) is 5.52. The molecule has 5 nitrogen and oxygen atoms in total. The summed E-state index contributed by atoms with van der Waals surface area (Å²) < 4.78 is 24.4. The molecule has 21 heavy (non-hydrogen) atoms. The van der Waals surface area contributed by atoms with Gasteiger partial charge in [-0.05, 0) is 26.2 Å². The molecular formula is C15H21FN2O3. The minimum absolute atomic E-state index is 0.0802. The van der Waals surface area contributed by atoms with Crippen molar-refractivity contribution < 1.29 is 18.7 Å². The molecule has 1 aromatic rings. The van der Waals surface area contributed by atoms with Crippen molar-refractivity contribution in [1.29, 1.82) is 0 Å². The molecule has 2 atom stereocenters. The van der Waals surface area contributed by atoms with Crippen LogP contribution < -0.4 is 10.1 Å². The highest BCUT2D eigenvalue weighted by atomic mass is 19.1. The number of likely N-dealkylation sites (N-methyl/N-ethyl adjacent to an activating group) is 1. The number of hydrogen-bond donors (Lipinski definition) is 1. The monoisotopic (exact) mass is 296 g/mol. The predicted octanol–water partition coefficient (Wildman–Crippen LogP) is 1.04. The molecule has 1 N–H and O–H groups in total. The van der Waals surface area contributed by atoms with Gasteiger partial charge in [0.05, 0.1) is 25.8 Å². The maximum Gasteiger partial charge on any atom is 0.234 e. The summed E-state index contributed by atoms with van der Waals surface area (Å²) in [6.07, 6.45) is 0.440. The highest BCUT2D eigenvalue weighted by Crippen LogP contribution is 2.19. The molecule has 0 aromatic heterocycles. The first kappa shape index (κ1) is 15.7. The van der Waals surface area contributed by atoms with Gasteiger partial charge in [0.1, 0.15) is 17.7 Å². The van der Waals surface area contributed by atoms with E-state index >= 15 is 0 Å². The van der Waals surface area contributed by atoms with Crippen LogP contribution in [-0.4, -0.2) is 56.8 Å². The van der Waals surface area contributed by atoms with Gasteiger partial charge in [-0.3, -0.25) is 4.79 Å². The van der Waals surface area contributed by atoms with Crippen LogP contribution in [0.15, 0.2) is 24.3 Å². The summed E-state index contributed by atoms with van der Waals surface area (Å²) in [5.41, 5.74) is 0. The first-order valence-electron chi connectivity index (χ1n) is 6.98. The van der Waals surface area contributed by atoms with Gasteiger partial charge in [0, 0.05) is 12.5 Å². The van der Waals surface area contributed by atoms with Gasteiger partial charge in [-0.1, -0.05) is 6.07 Å². The fourth-order valence-corrected chi connectivity index (χ4v) is 2.25. The lowest BCUT2D eigenvalue weighted by molar-refractivity contribution is -0.124. The minimum Gasteiger partial charge on any atom is -0.488 e. The summed E-state index contributed by atoms with van der Waals surface area (Å²) >= 11 is 0. The summed E-state index contributed by atoms with van der Waals surface area (Å²) in [7, 11) is 3.66. The van der Waals surface area contributed by atoms with Crippen molar-refractivity contribution in [3.05, 3.63) is 30.1 Å². The zero-order valence-corrected chi connectivity index (χ0v) is 12.3. The molecule has 2 rings (SSSR count). The van der Waals surface area contributed by atoms with Crippen molar-refractivity contribution in [2.75, 3.05) is 33.9 Å². The fourth-order valence-electron chi connectivity index (χ4n) is 2.25. The van der Waals surface area contributed by atoms with Gasteiger partial charge >= 0.3 is 0 Å².